The quantitative estimate of drug-likeness (QED) is 0.433. The Morgan fingerprint density at radius 1 is 0.720 bits per heavy atom. The number of aromatic hydroxyl groups is 1. The summed E-state index contributed by atoms with van der Waals surface area (Å²) in [7, 11) is 0. The van der Waals surface area contributed by atoms with E-state index in [1.165, 1.54) is 0 Å². The normalized spacial score (nSPS) is 11.1. The molecule has 3 aromatic carbocycles. The molecule has 5 heteroatoms. The molecule has 25 heavy (non-hydrogen) atoms. The minimum atomic E-state index is 0.228. The largest absolute Gasteiger partial charge is 0.507 e. The third kappa shape index (κ3) is 3.95. The maximum Gasteiger partial charge on any atom is 0.124 e. The lowest BCUT2D eigenvalue weighted by atomic mass is 10.0. The van der Waals surface area contributed by atoms with Crippen LogP contribution in [-0.4, -0.2) is 31.4 Å². The highest BCUT2D eigenvalue weighted by Crippen LogP contribution is 2.36. The number of hydrogen-bond acceptors (Lipinski definition) is 5. The van der Waals surface area contributed by atoms with Gasteiger partial charge in [-0.25, -0.2) is 0 Å². The minimum Gasteiger partial charge on any atom is -0.507 e. The van der Waals surface area contributed by atoms with Crippen LogP contribution in [0.5, 0.6) is 17.2 Å². The lowest BCUT2D eigenvalue weighted by Gasteiger charge is -2.11. The van der Waals surface area contributed by atoms with E-state index < -0.39 is 0 Å². The van der Waals surface area contributed by atoms with Crippen molar-refractivity contribution in [2.24, 2.45) is 11.5 Å². The fraction of sp³-hybridized carbons (Fsp3) is 0.300. The van der Waals surface area contributed by atoms with Crippen LogP contribution in [0.1, 0.15) is 12.8 Å². The molecule has 5 nitrogen and oxygen atoms in total. The van der Waals surface area contributed by atoms with Crippen LogP contribution in [0, 0.1) is 0 Å². The molecule has 0 spiro atoms. The van der Waals surface area contributed by atoms with Gasteiger partial charge in [-0.05, 0) is 78.5 Å². The lowest BCUT2D eigenvalue weighted by molar-refractivity contribution is 0.313. The number of fused-ring (bicyclic) bond motifs is 3. The summed E-state index contributed by atoms with van der Waals surface area (Å²) in [5.41, 5.74) is 11.0. The van der Waals surface area contributed by atoms with Gasteiger partial charge < -0.3 is 26.0 Å². The first kappa shape index (κ1) is 17.3. The minimum absolute atomic E-state index is 0.228. The van der Waals surface area contributed by atoms with E-state index in [2.05, 4.69) is 0 Å². The van der Waals surface area contributed by atoms with Gasteiger partial charge in [0, 0.05) is 5.39 Å². The molecule has 0 bridgehead atoms. The molecule has 0 unspecified atom stereocenters. The molecule has 0 aliphatic carbocycles. The Morgan fingerprint density at radius 3 is 1.96 bits per heavy atom. The third-order valence-electron chi connectivity index (χ3n) is 4.11. The van der Waals surface area contributed by atoms with Gasteiger partial charge in [0.1, 0.15) is 17.2 Å². The molecule has 0 amide bonds. The van der Waals surface area contributed by atoms with Crippen LogP contribution < -0.4 is 20.9 Å². The van der Waals surface area contributed by atoms with Crippen LogP contribution in [0.4, 0.5) is 0 Å². The summed E-state index contributed by atoms with van der Waals surface area (Å²) < 4.78 is 11.4. The average molecular weight is 340 g/mol. The fourth-order valence-electron chi connectivity index (χ4n) is 2.83. The number of benzene rings is 3. The van der Waals surface area contributed by atoms with Crippen LogP contribution in [0.3, 0.4) is 0 Å². The van der Waals surface area contributed by atoms with Gasteiger partial charge in [-0.2, -0.15) is 0 Å². The zero-order valence-corrected chi connectivity index (χ0v) is 14.2. The second-order valence-corrected chi connectivity index (χ2v) is 5.97. The van der Waals surface area contributed by atoms with Gasteiger partial charge in [-0.15, -0.1) is 0 Å². The van der Waals surface area contributed by atoms with Gasteiger partial charge in [0.05, 0.1) is 13.2 Å². The first-order valence-corrected chi connectivity index (χ1v) is 8.58. The van der Waals surface area contributed by atoms with E-state index in [4.69, 9.17) is 20.9 Å². The van der Waals surface area contributed by atoms with Crippen LogP contribution in [0.25, 0.3) is 21.5 Å². The monoisotopic (exact) mass is 340 g/mol. The van der Waals surface area contributed by atoms with Crippen molar-refractivity contribution in [1.29, 1.82) is 0 Å². The van der Waals surface area contributed by atoms with Crippen LogP contribution >= 0.6 is 0 Å². The van der Waals surface area contributed by atoms with Crippen molar-refractivity contribution in [3.63, 3.8) is 0 Å². The Kier molecular flexibility index (Phi) is 5.58. The molecule has 0 aliphatic rings. The van der Waals surface area contributed by atoms with E-state index in [0.29, 0.717) is 26.3 Å². The zero-order chi connectivity index (χ0) is 17.6. The van der Waals surface area contributed by atoms with Crippen LogP contribution in [-0.2, 0) is 0 Å². The van der Waals surface area contributed by atoms with Crippen molar-refractivity contribution in [3.8, 4) is 17.2 Å². The van der Waals surface area contributed by atoms with E-state index in [9.17, 15) is 5.11 Å². The second-order valence-electron chi connectivity index (χ2n) is 5.97. The first-order chi connectivity index (χ1) is 12.2. The highest BCUT2D eigenvalue weighted by Gasteiger charge is 2.09. The molecule has 132 valence electrons. The van der Waals surface area contributed by atoms with Gasteiger partial charge >= 0.3 is 0 Å². The Bertz CT molecular complexity index is 864. The zero-order valence-electron chi connectivity index (χ0n) is 14.2. The second kappa shape index (κ2) is 8.05. The summed E-state index contributed by atoms with van der Waals surface area (Å²) in [6, 6.07) is 13.4. The van der Waals surface area contributed by atoms with E-state index in [1.54, 1.807) is 6.07 Å². The first-order valence-electron chi connectivity index (χ1n) is 8.58. The third-order valence-corrected chi connectivity index (χ3v) is 4.11. The molecule has 0 fully saturated rings. The van der Waals surface area contributed by atoms with Gasteiger partial charge in [0.25, 0.3) is 0 Å². The molecule has 0 atom stereocenters. The van der Waals surface area contributed by atoms with Crippen LogP contribution in [0.15, 0.2) is 42.5 Å². The van der Waals surface area contributed by atoms with Crippen LogP contribution in [0.2, 0.25) is 0 Å². The molecule has 3 rings (SSSR count). The molecule has 3 aromatic rings. The molecule has 0 heterocycles. The smallest absolute Gasteiger partial charge is 0.124 e. The number of hydrogen-bond donors (Lipinski definition) is 3. The number of rotatable bonds is 8. The SMILES string of the molecule is NCCCOc1ccc2c(c1)cc(O)c1cc(OCCCN)ccc12. The Hall–Kier alpha value is -2.50. The van der Waals surface area contributed by atoms with Crippen molar-refractivity contribution in [2.75, 3.05) is 26.3 Å². The molecular weight excluding hydrogens is 316 g/mol. The molecule has 0 saturated carbocycles. The molecule has 0 aromatic heterocycles. The topological polar surface area (TPSA) is 90.7 Å². The summed E-state index contributed by atoms with van der Waals surface area (Å²) in [5.74, 6) is 1.74. The van der Waals surface area contributed by atoms with E-state index >= 15 is 0 Å². The van der Waals surface area contributed by atoms with Crippen molar-refractivity contribution in [2.45, 2.75) is 12.8 Å². The number of phenols is 1. The van der Waals surface area contributed by atoms with Gasteiger partial charge in [0.2, 0.25) is 0 Å². The van der Waals surface area contributed by atoms with Crippen molar-refractivity contribution >= 4 is 21.5 Å². The Morgan fingerprint density at radius 2 is 1.32 bits per heavy atom. The number of phenolic OH excluding ortho intramolecular Hbond substituents is 1. The van der Waals surface area contributed by atoms with Gasteiger partial charge in [0.15, 0.2) is 0 Å². The summed E-state index contributed by atoms with van der Waals surface area (Å²) in [5, 5.41) is 14.2. The molecular formula is C20H24N2O3. The summed E-state index contributed by atoms with van der Waals surface area (Å²) in [4.78, 5) is 0. The summed E-state index contributed by atoms with van der Waals surface area (Å²) >= 11 is 0. The van der Waals surface area contributed by atoms with E-state index in [1.807, 2.05) is 36.4 Å². The molecule has 5 N–H and O–H groups in total. The maximum atomic E-state index is 10.4. The highest BCUT2D eigenvalue weighted by atomic mass is 16.5. The maximum absolute atomic E-state index is 10.4. The Balaban J connectivity index is 1.94. The molecule has 0 saturated heterocycles. The highest BCUT2D eigenvalue weighted by molar-refractivity contribution is 6.10. The standard InChI is InChI=1S/C20H24N2O3/c21-7-1-9-24-15-3-5-17-14(11-15)12-20(23)19-13-16(4-6-18(17)19)25-10-2-8-22/h3-6,11-13,23H,1-2,7-10,21-22H2. The van der Waals surface area contributed by atoms with Crippen molar-refractivity contribution < 1.29 is 14.6 Å². The summed E-state index contributed by atoms with van der Waals surface area (Å²) in [6.45, 7) is 2.36. The predicted molar refractivity (Wildman–Crippen MR) is 101 cm³/mol. The van der Waals surface area contributed by atoms with Crippen molar-refractivity contribution in [1.82, 2.24) is 0 Å². The van der Waals surface area contributed by atoms with Crippen molar-refractivity contribution in [3.05, 3.63) is 42.5 Å². The Labute approximate surface area is 147 Å². The van der Waals surface area contributed by atoms with Gasteiger partial charge in [-0.3, -0.25) is 0 Å². The molecule has 0 radical (unpaired) electrons. The summed E-state index contributed by atoms with van der Waals surface area (Å²) in [6.07, 6.45) is 1.61. The lowest BCUT2D eigenvalue weighted by Crippen LogP contribution is -2.06. The number of ether oxygens (including phenoxy) is 2. The number of nitrogens with two attached hydrogens (primary N) is 2. The average Bonchev–Trinajstić information content (AvgIpc) is 2.62. The van der Waals surface area contributed by atoms with Gasteiger partial charge in [-0.1, -0.05) is 6.07 Å². The van der Waals surface area contributed by atoms with E-state index in [0.717, 1.165) is 45.9 Å². The fourth-order valence-corrected chi connectivity index (χ4v) is 2.83. The van der Waals surface area contributed by atoms with E-state index in [-0.39, 0.29) is 5.75 Å². The predicted octanol–water partition coefficient (Wildman–Crippen LogP) is 3.15. The molecule has 0 aliphatic heterocycles.